The third kappa shape index (κ3) is 3.17. The molecule has 1 N–H and O–H groups in total. The fraction of sp³-hybridized carbons (Fsp3) is 0.231. The molecule has 0 spiro atoms. The summed E-state index contributed by atoms with van der Waals surface area (Å²) in [6, 6.07) is 2.18. The number of nitrogens with zero attached hydrogens (tertiary/aromatic N) is 2. The first kappa shape index (κ1) is 14.5. The number of carbonyl (C=O) groups is 1. The number of carboxylic acid groups (broad SMARTS) is 1. The molecule has 0 unspecified atom stereocenters. The maximum atomic E-state index is 11.0. The predicted octanol–water partition coefficient (Wildman–Crippen LogP) is -0.476. The Morgan fingerprint density at radius 3 is 3.05 bits per heavy atom. The van der Waals surface area contributed by atoms with Gasteiger partial charge in [-0.25, -0.2) is 9.78 Å². The Bertz CT molecular complexity index is 622. The van der Waals surface area contributed by atoms with Crippen LogP contribution < -0.4 is 29.6 Å². The molecule has 3 rings (SSSR count). The normalized spacial score (nSPS) is 13.4. The van der Waals surface area contributed by atoms with Crippen molar-refractivity contribution >= 4 is 23.4 Å². The number of thiophene rings is 1. The van der Waals surface area contributed by atoms with Gasteiger partial charge in [0.05, 0.1) is 12.9 Å². The molecule has 2 heterocycles. The van der Waals surface area contributed by atoms with Crippen LogP contribution in [0.15, 0.2) is 30.4 Å². The van der Waals surface area contributed by atoms with E-state index in [0.717, 1.165) is 17.8 Å². The number of fused-ring (bicyclic) bond motifs is 1. The SMILES string of the molecule is O=C(O)C1=Cc2sc(Cn3ccnc3)cc2CC1.[H-].[Na+]. The van der Waals surface area contributed by atoms with Crippen molar-refractivity contribution in [1.82, 2.24) is 9.55 Å². The summed E-state index contributed by atoms with van der Waals surface area (Å²) < 4.78 is 2.01. The minimum absolute atomic E-state index is 0. The fourth-order valence-electron chi connectivity index (χ4n) is 2.13. The first-order chi connectivity index (χ1) is 8.72. The first-order valence-corrected chi connectivity index (χ1v) is 6.55. The topological polar surface area (TPSA) is 55.1 Å². The summed E-state index contributed by atoms with van der Waals surface area (Å²) in [5.41, 5.74) is 1.78. The maximum Gasteiger partial charge on any atom is 1.00 e. The summed E-state index contributed by atoms with van der Waals surface area (Å²) in [5.74, 6) is -0.801. The molecule has 1 aliphatic rings. The van der Waals surface area contributed by atoms with E-state index in [1.807, 2.05) is 16.8 Å². The molecule has 0 bridgehead atoms. The second-order valence-corrected chi connectivity index (χ2v) is 5.48. The van der Waals surface area contributed by atoms with Crippen LogP contribution >= 0.6 is 11.3 Å². The van der Waals surface area contributed by atoms with E-state index >= 15 is 0 Å². The van der Waals surface area contributed by atoms with Crippen LogP contribution in [0.5, 0.6) is 0 Å². The van der Waals surface area contributed by atoms with E-state index in [1.165, 1.54) is 10.4 Å². The summed E-state index contributed by atoms with van der Waals surface area (Å²) in [7, 11) is 0. The van der Waals surface area contributed by atoms with Crippen molar-refractivity contribution in [1.29, 1.82) is 0 Å². The van der Waals surface area contributed by atoms with Crippen molar-refractivity contribution in [3.63, 3.8) is 0 Å². The van der Waals surface area contributed by atoms with Crippen molar-refractivity contribution in [3.8, 4) is 0 Å². The van der Waals surface area contributed by atoms with Gasteiger partial charge in [0.1, 0.15) is 0 Å². The van der Waals surface area contributed by atoms with Crippen LogP contribution in [-0.2, 0) is 17.8 Å². The molecule has 94 valence electrons. The fourth-order valence-corrected chi connectivity index (χ4v) is 3.32. The molecule has 0 saturated heterocycles. The molecular weight excluding hydrogens is 271 g/mol. The predicted molar refractivity (Wildman–Crippen MR) is 70.7 cm³/mol. The molecule has 2 aromatic heterocycles. The number of aryl methyl sites for hydroxylation is 1. The van der Waals surface area contributed by atoms with Gasteiger partial charge in [-0.2, -0.15) is 0 Å². The molecule has 0 amide bonds. The van der Waals surface area contributed by atoms with E-state index in [4.69, 9.17) is 5.11 Å². The van der Waals surface area contributed by atoms with Gasteiger partial charge in [0.15, 0.2) is 0 Å². The van der Waals surface area contributed by atoms with Crippen LogP contribution in [0.2, 0.25) is 0 Å². The number of hydrogen-bond acceptors (Lipinski definition) is 3. The van der Waals surface area contributed by atoms with Gasteiger partial charge in [-0.3, -0.25) is 0 Å². The first-order valence-electron chi connectivity index (χ1n) is 5.73. The summed E-state index contributed by atoms with van der Waals surface area (Å²) in [6.07, 6.45) is 8.74. The van der Waals surface area contributed by atoms with Gasteiger partial charge >= 0.3 is 35.5 Å². The van der Waals surface area contributed by atoms with Crippen molar-refractivity contribution in [2.75, 3.05) is 0 Å². The van der Waals surface area contributed by atoms with E-state index in [-0.39, 0.29) is 31.0 Å². The maximum absolute atomic E-state index is 11.0. The van der Waals surface area contributed by atoms with E-state index in [0.29, 0.717) is 12.0 Å². The molecule has 0 aromatic carbocycles. The third-order valence-corrected chi connectivity index (χ3v) is 4.14. The van der Waals surface area contributed by atoms with Gasteiger partial charge in [-0.15, -0.1) is 11.3 Å². The zero-order valence-electron chi connectivity index (χ0n) is 11.7. The number of rotatable bonds is 3. The van der Waals surface area contributed by atoms with Crippen LogP contribution in [-0.4, -0.2) is 20.6 Å². The largest absolute Gasteiger partial charge is 1.00 e. The smallest absolute Gasteiger partial charge is 1.00 e. The minimum Gasteiger partial charge on any atom is -1.00 e. The molecule has 0 aliphatic heterocycles. The molecule has 19 heavy (non-hydrogen) atoms. The molecule has 1 aliphatic carbocycles. The molecule has 0 radical (unpaired) electrons. The average molecular weight is 284 g/mol. The Balaban J connectivity index is 0.000001000. The van der Waals surface area contributed by atoms with E-state index < -0.39 is 5.97 Å². The van der Waals surface area contributed by atoms with Gasteiger partial charge in [-0.1, -0.05) is 0 Å². The second kappa shape index (κ2) is 6.05. The summed E-state index contributed by atoms with van der Waals surface area (Å²) in [6.45, 7) is 0.800. The number of aliphatic carboxylic acids is 1. The van der Waals surface area contributed by atoms with Gasteiger partial charge in [0.25, 0.3) is 0 Å². The van der Waals surface area contributed by atoms with Crippen LogP contribution in [0.3, 0.4) is 0 Å². The number of carboxylic acids is 1. The Kier molecular flexibility index (Phi) is 4.62. The van der Waals surface area contributed by atoms with Gasteiger partial charge in [0, 0.05) is 27.7 Å². The molecule has 0 atom stereocenters. The summed E-state index contributed by atoms with van der Waals surface area (Å²) >= 11 is 1.67. The molecule has 2 aromatic rings. The van der Waals surface area contributed by atoms with Crippen molar-refractivity contribution in [3.05, 3.63) is 45.7 Å². The quantitative estimate of drug-likeness (QED) is 0.775. The Morgan fingerprint density at radius 1 is 1.53 bits per heavy atom. The summed E-state index contributed by atoms with van der Waals surface area (Å²) in [5, 5.41) is 9.00. The zero-order chi connectivity index (χ0) is 12.5. The van der Waals surface area contributed by atoms with Crippen LogP contribution in [0, 0.1) is 0 Å². The molecule has 4 nitrogen and oxygen atoms in total. The van der Waals surface area contributed by atoms with Crippen LogP contribution in [0.25, 0.3) is 6.08 Å². The van der Waals surface area contributed by atoms with E-state index in [9.17, 15) is 4.79 Å². The Labute approximate surface area is 138 Å². The third-order valence-electron chi connectivity index (χ3n) is 3.03. The summed E-state index contributed by atoms with van der Waals surface area (Å²) in [4.78, 5) is 17.3. The van der Waals surface area contributed by atoms with Gasteiger partial charge in [0.2, 0.25) is 0 Å². The van der Waals surface area contributed by atoms with Crippen molar-refractivity contribution in [2.24, 2.45) is 0 Å². The van der Waals surface area contributed by atoms with E-state index in [1.54, 1.807) is 23.9 Å². The van der Waals surface area contributed by atoms with Gasteiger partial charge < -0.3 is 11.1 Å². The van der Waals surface area contributed by atoms with Crippen LogP contribution in [0.1, 0.15) is 23.2 Å². The Hall–Kier alpha value is -0.880. The number of hydrogen-bond donors (Lipinski definition) is 1. The standard InChI is InChI=1S/C13H12N2O2S.Na.H/c16-13(17)10-2-1-9-5-11(18-12(9)6-10)7-15-4-3-14-8-15;;/h3-6,8H,1-2,7H2,(H,16,17);;/q;+1;-1. The average Bonchev–Trinajstić information content (AvgIpc) is 2.96. The molecule has 0 fully saturated rings. The molecule has 0 saturated carbocycles. The Morgan fingerprint density at radius 2 is 2.37 bits per heavy atom. The van der Waals surface area contributed by atoms with Crippen molar-refractivity contribution in [2.45, 2.75) is 19.4 Å². The second-order valence-electron chi connectivity index (χ2n) is 4.31. The van der Waals surface area contributed by atoms with Crippen LogP contribution in [0.4, 0.5) is 0 Å². The van der Waals surface area contributed by atoms with Crippen molar-refractivity contribution < 1.29 is 40.9 Å². The number of aromatic nitrogens is 2. The monoisotopic (exact) mass is 284 g/mol. The van der Waals surface area contributed by atoms with E-state index in [2.05, 4.69) is 11.1 Å². The minimum atomic E-state index is -0.801. The molecular formula is C13H13N2NaO2S. The van der Waals surface area contributed by atoms with Gasteiger partial charge in [-0.05, 0) is 30.5 Å². The zero-order valence-corrected chi connectivity index (χ0v) is 13.5. The molecule has 6 heteroatoms. The number of imidazole rings is 1.